The van der Waals surface area contributed by atoms with Gasteiger partial charge in [-0.3, -0.25) is 14.6 Å². The largest absolute Gasteiger partial charge is 0.468 e. The minimum Gasteiger partial charge on any atom is -0.468 e. The predicted octanol–water partition coefficient (Wildman–Crippen LogP) is 3.18. The van der Waals surface area contributed by atoms with Crippen LogP contribution in [0.1, 0.15) is 21.6 Å². The number of benzene rings is 2. The number of fused-ring (bicyclic) bond motifs is 2. The van der Waals surface area contributed by atoms with Crippen LogP contribution in [-0.4, -0.2) is 33.5 Å². The lowest BCUT2D eigenvalue weighted by Crippen LogP contribution is -2.22. The molecule has 2 aromatic carbocycles. The third-order valence-corrected chi connectivity index (χ3v) is 5.72. The number of thiazole rings is 1. The minimum absolute atomic E-state index is 0.0332. The topological polar surface area (TPSA) is 86.4 Å². The van der Waals surface area contributed by atoms with Crippen molar-refractivity contribution in [3.8, 4) is 0 Å². The Hall–Kier alpha value is -3.39. The third kappa shape index (κ3) is 3.66. The molecule has 0 saturated heterocycles. The average Bonchev–Trinajstić information content (AvgIpc) is 3.03. The van der Waals surface area contributed by atoms with E-state index in [1.54, 1.807) is 10.6 Å². The van der Waals surface area contributed by atoms with Crippen LogP contribution < -0.4 is 4.80 Å². The van der Waals surface area contributed by atoms with Crippen LogP contribution in [0.3, 0.4) is 0 Å². The zero-order chi connectivity index (χ0) is 20.5. The SMILES string of the molecule is COC(=O)Cn1c(=NC(=O)c2cnc3ccccc3n2)sc2cc(C)c(C)cc21. The summed E-state index contributed by atoms with van der Waals surface area (Å²) in [6.07, 6.45) is 1.42. The molecule has 8 heteroatoms. The molecule has 0 atom stereocenters. The maximum atomic E-state index is 12.8. The van der Waals surface area contributed by atoms with Gasteiger partial charge in [0.15, 0.2) is 4.80 Å². The summed E-state index contributed by atoms with van der Waals surface area (Å²) >= 11 is 1.35. The van der Waals surface area contributed by atoms with Gasteiger partial charge in [-0.15, -0.1) is 0 Å². The van der Waals surface area contributed by atoms with E-state index in [0.29, 0.717) is 15.8 Å². The normalized spacial score (nSPS) is 11.9. The number of carbonyl (C=O) groups excluding carboxylic acids is 2. The highest BCUT2D eigenvalue weighted by Gasteiger charge is 2.14. The number of esters is 1. The Morgan fingerprint density at radius 3 is 2.62 bits per heavy atom. The summed E-state index contributed by atoms with van der Waals surface area (Å²) in [5, 5.41) is 0. The molecular formula is C21H18N4O3S. The Labute approximate surface area is 170 Å². The number of hydrogen-bond donors (Lipinski definition) is 0. The molecule has 2 heterocycles. The van der Waals surface area contributed by atoms with E-state index in [2.05, 4.69) is 15.0 Å². The van der Waals surface area contributed by atoms with Gasteiger partial charge in [0.2, 0.25) is 0 Å². The molecular weight excluding hydrogens is 388 g/mol. The van der Waals surface area contributed by atoms with Gasteiger partial charge < -0.3 is 9.30 Å². The van der Waals surface area contributed by atoms with Gasteiger partial charge in [-0.25, -0.2) is 4.98 Å². The van der Waals surface area contributed by atoms with E-state index in [4.69, 9.17) is 4.74 Å². The maximum Gasteiger partial charge on any atom is 0.325 e. The van der Waals surface area contributed by atoms with Crippen molar-refractivity contribution in [1.82, 2.24) is 14.5 Å². The Morgan fingerprint density at radius 2 is 1.86 bits per heavy atom. The first-order chi connectivity index (χ1) is 14.0. The van der Waals surface area contributed by atoms with Crippen LogP contribution in [0.5, 0.6) is 0 Å². The van der Waals surface area contributed by atoms with E-state index in [1.807, 2.05) is 44.2 Å². The molecule has 0 bridgehead atoms. The minimum atomic E-state index is -0.512. The third-order valence-electron chi connectivity index (χ3n) is 4.68. The fourth-order valence-electron chi connectivity index (χ4n) is 2.96. The fourth-order valence-corrected chi connectivity index (χ4v) is 4.07. The molecule has 0 saturated carbocycles. The highest BCUT2D eigenvalue weighted by molar-refractivity contribution is 7.16. The molecule has 29 heavy (non-hydrogen) atoms. The molecule has 0 N–H and O–H groups in total. The summed E-state index contributed by atoms with van der Waals surface area (Å²) in [5.41, 5.74) is 4.53. The number of methoxy groups -OCH3 is 1. The average molecular weight is 406 g/mol. The molecule has 2 aromatic heterocycles. The first-order valence-electron chi connectivity index (χ1n) is 8.94. The monoisotopic (exact) mass is 406 g/mol. The standard InChI is InChI=1S/C21H18N4O3S/c1-12-8-17-18(9-13(12)2)29-21(25(17)11-19(26)28-3)24-20(27)16-10-22-14-6-4-5-7-15(14)23-16/h4-10H,11H2,1-3H3. The van der Waals surface area contributed by atoms with E-state index in [0.717, 1.165) is 21.3 Å². The van der Waals surface area contributed by atoms with Gasteiger partial charge in [-0.05, 0) is 49.2 Å². The number of amides is 1. The number of ether oxygens (including phenoxy) is 1. The number of aromatic nitrogens is 3. The molecule has 0 aliphatic rings. The van der Waals surface area contributed by atoms with Gasteiger partial charge in [-0.1, -0.05) is 23.5 Å². The van der Waals surface area contributed by atoms with Crippen molar-refractivity contribution < 1.29 is 14.3 Å². The van der Waals surface area contributed by atoms with Gasteiger partial charge in [0.05, 0.1) is 34.6 Å². The second kappa shape index (κ2) is 7.56. The van der Waals surface area contributed by atoms with Crippen LogP contribution in [0.15, 0.2) is 47.6 Å². The second-order valence-corrected chi connectivity index (χ2v) is 7.62. The van der Waals surface area contributed by atoms with Gasteiger partial charge >= 0.3 is 5.97 Å². The molecule has 0 unspecified atom stereocenters. The molecule has 4 aromatic rings. The highest BCUT2D eigenvalue weighted by atomic mass is 32.1. The van der Waals surface area contributed by atoms with Gasteiger partial charge in [0, 0.05) is 0 Å². The fraction of sp³-hybridized carbons (Fsp3) is 0.190. The van der Waals surface area contributed by atoms with E-state index in [-0.39, 0.29) is 12.2 Å². The van der Waals surface area contributed by atoms with Crippen molar-refractivity contribution in [2.75, 3.05) is 7.11 Å². The molecule has 7 nitrogen and oxygen atoms in total. The van der Waals surface area contributed by atoms with Crippen LogP contribution >= 0.6 is 11.3 Å². The van der Waals surface area contributed by atoms with Crippen molar-refractivity contribution in [2.45, 2.75) is 20.4 Å². The van der Waals surface area contributed by atoms with Crippen molar-refractivity contribution in [3.05, 3.63) is 64.2 Å². The Bertz CT molecular complexity index is 1340. The first-order valence-corrected chi connectivity index (χ1v) is 9.76. The Balaban J connectivity index is 1.86. The molecule has 1 amide bonds. The van der Waals surface area contributed by atoms with Gasteiger partial charge in [-0.2, -0.15) is 4.99 Å². The summed E-state index contributed by atoms with van der Waals surface area (Å²) in [7, 11) is 1.33. The molecule has 146 valence electrons. The maximum absolute atomic E-state index is 12.8. The first kappa shape index (κ1) is 18.9. The number of hydrogen-bond acceptors (Lipinski definition) is 6. The van der Waals surface area contributed by atoms with Gasteiger partial charge in [0.1, 0.15) is 12.2 Å². The number of carbonyl (C=O) groups is 2. The number of nitrogens with zero attached hydrogens (tertiary/aromatic N) is 4. The smallest absolute Gasteiger partial charge is 0.325 e. The molecule has 0 aliphatic carbocycles. The van der Waals surface area contributed by atoms with Gasteiger partial charge in [0.25, 0.3) is 5.91 Å². The van der Waals surface area contributed by atoms with Crippen LogP contribution in [0.4, 0.5) is 0 Å². The summed E-state index contributed by atoms with van der Waals surface area (Å²) in [4.78, 5) is 38.0. The predicted molar refractivity (Wildman–Crippen MR) is 111 cm³/mol. The zero-order valence-corrected chi connectivity index (χ0v) is 17.0. The lowest BCUT2D eigenvalue weighted by atomic mass is 10.1. The number of rotatable bonds is 3. The van der Waals surface area contributed by atoms with Crippen molar-refractivity contribution in [3.63, 3.8) is 0 Å². The van der Waals surface area contributed by atoms with E-state index in [1.165, 1.54) is 24.6 Å². The Morgan fingerprint density at radius 1 is 1.14 bits per heavy atom. The zero-order valence-electron chi connectivity index (χ0n) is 16.2. The second-order valence-electron chi connectivity index (χ2n) is 6.61. The van der Waals surface area contributed by atoms with E-state index < -0.39 is 11.9 Å². The highest BCUT2D eigenvalue weighted by Crippen LogP contribution is 2.22. The number of aryl methyl sites for hydroxylation is 2. The summed E-state index contributed by atoms with van der Waals surface area (Å²) in [6.45, 7) is 3.99. The lowest BCUT2D eigenvalue weighted by Gasteiger charge is -2.05. The quantitative estimate of drug-likeness (QED) is 0.488. The van der Waals surface area contributed by atoms with Crippen LogP contribution in [-0.2, 0) is 16.1 Å². The Kier molecular flexibility index (Phi) is 4.94. The molecule has 0 fully saturated rings. The number of para-hydroxylation sites is 2. The van der Waals surface area contributed by atoms with Crippen LogP contribution in [0.2, 0.25) is 0 Å². The van der Waals surface area contributed by atoms with Crippen molar-refractivity contribution in [1.29, 1.82) is 0 Å². The summed E-state index contributed by atoms with van der Waals surface area (Å²) < 4.78 is 7.45. The molecule has 0 spiro atoms. The van der Waals surface area contributed by atoms with E-state index in [9.17, 15) is 9.59 Å². The van der Waals surface area contributed by atoms with Crippen molar-refractivity contribution in [2.24, 2.45) is 4.99 Å². The van der Waals surface area contributed by atoms with Crippen molar-refractivity contribution >= 4 is 44.5 Å². The molecule has 4 rings (SSSR count). The van der Waals surface area contributed by atoms with E-state index >= 15 is 0 Å². The van der Waals surface area contributed by atoms with Crippen LogP contribution in [0, 0.1) is 13.8 Å². The lowest BCUT2D eigenvalue weighted by molar-refractivity contribution is -0.141. The summed E-state index contributed by atoms with van der Waals surface area (Å²) in [5.74, 6) is -0.927. The summed E-state index contributed by atoms with van der Waals surface area (Å²) in [6, 6.07) is 11.3. The molecule has 0 aliphatic heterocycles. The molecule has 0 radical (unpaired) electrons. The van der Waals surface area contributed by atoms with Crippen LogP contribution in [0.25, 0.3) is 21.3 Å².